The van der Waals surface area contributed by atoms with Gasteiger partial charge in [-0.25, -0.2) is 0 Å². The summed E-state index contributed by atoms with van der Waals surface area (Å²) in [6.45, 7) is 5.52. The van der Waals surface area contributed by atoms with Crippen molar-refractivity contribution in [2.24, 2.45) is 5.41 Å². The number of halogens is 3. The summed E-state index contributed by atoms with van der Waals surface area (Å²) in [4.78, 5) is 10.2. The van der Waals surface area contributed by atoms with Gasteiger partial charge in [-0.05, 0) is 11.8 Å². The third kappa shape index (κ3) is 7.50. The summed E-state index contributed by atoms with van der Waals surface area (Å²) in [7, 11) is 0. The van der Waals surface area contributed by atoms with Gasteiger partial charge in [-0.15, -0.1) is 0 Å². The average molecular weight is 242 g/mol. The normalized spacial score (nSPS) is 14.9. The van der Waals surface area contributed by atoms with E-state index >= 15 is 0 Å². The minimum absolute atomic E-state index is 0.0963. The summed E-state index contributed by atoms with van der Waals surface area (Å²) in [5.74, 6) is -1.52. The van der Waals surface area contributed by atoms with E-state index < -0.39 is 24.7 Å². The van der Waals surface area contributed by atoms with Crippen LogP contribution in [0.5, 0.6) is 0 Å². The predicted octanol–water partition coefficient (Wildman–Crippen LogP) is 2.84. The Hall–Kier alpha value is -0.780. The Bertz CT molecular complexity index is 230. The standard InChI is InChI=1S/C10H17F3O3/c1-9(2,3)4-5-16-7(6-8(14)15)10(11,12)13/h7H,4-6H2,1-3H3,(H,14,15). The molecule has 0 saturated heterocycles. The second kappa shape index (κ2) is 5.52. The van der Waals surface area contributed by atoms with Crippen LogP contribution in [0.1, 0.15) is 33.6 Å². The van der Waals surface area contributed by atoms with E-state index in [0.29, 0.717) is 6.42 Å². The van der Waals surface area contributed by atoms with E-state index in [-0.39, 0.29) is 12.0 Å². The second-order valence-corrected chi connectivity index (χ2v) is 4.81. The fourth-order valence-electron chi connectivity index (χ4n) is 0.935. The quantitative estimate of drug-likeness (QED) is 0.806. The van der Waals surface area contributed by atoms with Crippen LogP contribution in [0, 0.1) is 5.41 Å². The van der Waals surface area contributed by atoms with Crippen molar-refractivity contribution in [2.45, 2.75) is 45.9 Å². The lowest BCUT2D eigenvalue weighted by molar-refractivity contribution is -0.225. The first kappa shape index (κ1) is 15.2. The van der Waals surface area contributed by atoms with Crippen LogP contribution >= 0.6 is 0 Å². The molecule has 0 aliphatic heterocycles. The van der Waals surface area contributed by atoms with Gasteiger partial charge in [0.2, 0.25) is 0 Å². The van der Waals surface area contributed by atoms with Crippen molar-refractivity contribution in [1.29, 1.82) is 0 Å². The highest BCUT2D eigenvalue weighted by molar-refractivity contribution is 5.67. The van der Waals surface area contributed by atoms with E-state index in [2.05, 4.69) is 4.74 Å². The number of carboxylic acid groups (broad SMARTS) is 1. The van der Waals surface area contributed by atoms with Gasteiger partial charge in [0.15, 0.2) is 6.10 Å². The lowest BCUT2D eigenvalue weighted by atomic mass is 9.93. The molecule has 1 atom stereocenters. The molecule has 0 aromatic rings. The van der Waals surface area contributed by atoms with Gasteiger partial charge in [0, 0.05) is 6.61 Å². The number of alkyl halides is 3. The molecule has 0 heterocycles. The molecular formula is C10H17F3O3. The number of carbonyl (C=O) groups is 1. The van der Waals surface area contributed by atoms with Gasteiger partial charge >= 0.3 is 12.1 Å². The summed E-state index contributed by atoms with van der Waals surface area (Å²) in [5.41, 5.74) is -0.140. The summed E-state index contributed by atoms with van der Waals surface area (Å²) < 4.78 is 41.5. The Morgan fingerprint density at radius 3 is 2.12 bits per heavy atom. The first-order valence-electron chi connectivity index (χ1n) is 4.92. The highest BCUT2D eigenvalue weighted by Gasteiger charge is 2.42. The number of hydrogen-bond donors (Lipinski definition) is 1. The molecule has 0 saturated carbocycles. The van der Waals surface area contributed by atoms with Crippen molar-refractivity contribution >= 4 is 5.97 Å². The zero-order valence-electron chi connectivity index (χ0n) is 9.60. The molecule has 0 rings (SSSR count). The summed E-state index contributed by atoms with van der Waals surface area (Å²) in [6, 6.07) is 0. The van der Waals surface area contributed by atoms with Crippen LogP contribution < -0.4 is 0 Å². The van der Waals surface area contributed by atoms with Crippen LogP contribution in [0.3, 0.4) is 0 Å². The zero-order valence-corrected chi connectivity index (χ0v) is 9.60. The van der Waals surface area contributed by atoms with Gasteiger partial charge in [0.05, 0.1) is 6.42 Å². The lowest BCUT2D eigenvalue weighted by Crippen LogP contribution is -2.34. The fraction of sp³-hybridized carbons (Fsp3) is 0.900. The van der Waals surface area contributed by atoms with Gasteiger partial charge in [-0.1, -0.05) is 20.8 Å². The lowest BCUT2D eigenvalue weighted by Gasteiger charge is -2.22. The van der Waals surface area contributed by atoms with E-state index in [0.717, 1.165) is 0 Å². The van der Waals surface area contributed by atoms with Crippen molar-refractivity contribution < 1.29 is 27.8 Å². The SMILES string of the molecule is CC(C)(C)CCOC(CC(=O)O)C(F)(F)F. The minimum Gasteiger partial charge on any atom is -0.481 e. The molecule has 0 aromatic carbocycles. The van der Waals surface area contributed by atoms with E-state index in [1.54, 1.807) is 0 Å². The molecule has 0 fully saturated rings. The van der Waals surface area contributed by atoms with Crippen molar-refractivity contribution in [2.75, 3.05) is 6.61 Å². The molecule has 0 aliphatic rings. The molecule has 1 N–H and O–H groups in total. The second-order valence-electron chi connectivity index (χ2n) is 4.81. The van der Waals surface area contributed by atoms with Crippen LogP contribution in [0.2, 0.25) is 0 Å². The van der Waals surface area contributed by atoms with E-state index in [1.165, 1.54) is 0 Å². The van der Waals surface area contributed by atoms with Crippen LogP contribution in [0.15, 0.2) is 0 Å². The molecule has 0 bridgehead atoms. The third-order valence-electron chi connectivity index (χ3n) is 1.90. The Labute approximate surface area is 92.6 Å². The summed E-state index contributed by atoms with van der Waals surface area (Å²) in [6.07, 6.45) is -7.45. The highest BCUT2D eigenvalue weighted by Crippen LogP contribution is 2.27. The average Bonchev–Trinajstić information content (AvgIpc) is 1.97. The molecule has 0 radical (unpaired) electrons. The van der Waals surface area contributed by atoms with Gasteiger partial charge in [0.1, 0.15) is 0 Å². The van der Waals surface area contributed by atoms with Crippen LogP contribution in [-0.2, 0) is 9.53 Å². The molecular weight excluding hydrogens is 225 g/mol. The van der Waals surface area contributed by atoms with Gasteiger partial charge in [-0.2, -0.15) is 13.2 Å². The number of hydrogen-bond acceptors (Lipinski definition) is 2. The number of rotatable bonds is 5. The number of ether oxygens (including phenoxy) is 1. The molecule has 16 heavy (non-hydrogen) atoms. The van der Waals surface area contributed by atoms with E-state index in [1.807, 2.05) is 20.8 Å². The highest BCUT2D eigenvalue weighted by atomic mass is 19.4. The summed E-state index contributed by atoms with van der Waals surface area (Å²) >= 11 is 0. The minimum atomic E-state index is -4.63. The first-order chi connectivity index (χ1) is 7.02. The molecule has 0 amide bonds. The monoisotopic (exact) mass is 242 g/mol. The Morgan fingerprint density at radius 1 is 1.31 bits per heavy atom. The van der Waals surface area contributed by atoms with Gasteiger partial charge in [0.25, 0.3) is 0 Å². The maximum absolute atomic E-state index is 12.3. The molecule has 96 valence electrons. The van der Waals surface area contributed by atoms with Crippen molar-refractivity contribution in [3.63, 3.8) is 0 Å². The van der Waals surface area contributed by atoms with E-state index in [4.69, 9.17) is 5.11 Å². The first-order valence-corrected chi connectivity index (χ1v) is 4.92. The number of aliphatic carboxylic acids is 1. The largest absolute Gasteiger partial charge is 0.481 e. The molecule has 3 nitrogen and oxygen atoms in total. The predicted molar refractivity (Wildman–Crippen MR) is 52.1 cm³/mol. The topological polar surface area (TPSA) is 46.5 Å². The molecule has 0 spiro atoms. The van der Waals surface area contributed by atoms with Gasteiger partial charge < -0.3 is 9.84 Å². The zero-order chi connectivity index (χ0) is 13.0. The molecule has 0 aromatic heterocycles. The third-order valence-corrected chi connectivity index (χ3v) is 1.90. The summed E-state index contributed by atoms with van der Waals surface area (Å²) in [5, 5.41) is 8.33. The molecule has 6 heteroatoms. The van der Waals surface area contributed by atoms with Crippen LogP contribution in [-0.4, -0.2) is 30.0 Å². The van der Waals surface area contributed by atoms with Crippen molar-refractivity contribution in [1.82, 2.24) is 0 Å². The maximum Gasteiger partial charge on any atom is 0.415 e. The van der Waals surface area contributed by atoms with Crippen molar-refractivity contribution in [3.8, 4) is 0 Å². The number of carboxylic acids is 1. The van der Waals surface area contributed by atoms with Crippen LogP contribution in [0.4, 0.5) is 13.2 Å². The Balaban J connectivity index is 4.19. The maximum atomic E-state index is 12.3. The van der Waals surface area contributed by atoms with Crippen molar-refractivity contribution in [3.05, 3.63) is 0 Å². The smallest absolute Gasteiger partial charge is 0.415 e. The Kier molecular flexibility index (Phi) is 5.25. The molecule has 1 unspecified atom stereocenters. The molecule has 0 aliphatic carbocycles. The fourth-order valence-corrected chi connectivity index (χ4v) is 0.935. The van der Waals surface area contributed by atoms with Crippen LogP contribution in [0.25, 0.3) is 0 Å². The van der Waals surface area contributed by atoms with Gasteiger partial charge in [-0.3, -0.25) is 4.79 Å². The Morgan fingerprint density at radius 2 is 1.81 bits per heavy atom. The van der Waals surface area contributed by atoms with E-state index in [9.17, 15) is 18.0 Å².